The fraction of sp³-hybridized carbons (Fsp3) is 0.769. The number of rotatable bonds is 9. The van der Waals surface area contributed by atoms with Crippen LogP contribution >= 0.6 is 0 Å². The Labute approximate surface area is 113 Å². The molecule has 0 aliphatic carbocycles. The predicted molar refractivity (Wildman–Crippen MR) is 69.5 cm³/mol. The Morgan fingerprint density at radius 1 is 1.26 bits per heavy atom. The highest BCUT2D eigenvalue weighted by atomic mass is 16.5. The molecular weight excluding hydrogens is 250 g/mol. The molecule has 0 aromatic rings. The highest BCUT2D eigenvalue weighted by molar-refractivity contribution is 5.85. The highest BCUT2D eigenvalue weighted by Gasteiger charge is 2.23. The van der Waals surface area contributed by atoms with Gasteiger partial charge in [-0.05, 0) is 12.8 Å². The number of hydrogen-bond acceptors (Lipinski definition) is 4. The molecule has 0 rings (SSSR count). The lowest BCUT2D eigenvalue weighted by molar-refractivity contribution is -0.144. The van der Waals surface area contributed by atoms with Gasteiger partial charge in [0.2, 0.25) is 5.91 Å². The van der Waals surface area contributed by atoms with Gasteiger partial charge in [-0.15, -0.1) is 0 Å². The van der Waals surface area contributed by atoms with Crippen molar-refractivity contribution in [3.8, 4) is 0 Å². The van der Waals surface area contributed by atoms with Crippen LogP contribution in [0.3, 0.4) is 0 Å². The van der Waals surface area contributed by atoms with Gasteiger partial charge < -0.3 is 15.2 Å². The third-order valence-electron chi connectivity index (χ3n) is 2.92. The van der Waals surface area contributed by atoms with Crippen LogP contribution in [0.1, 0.15) is 46.0 Å². The van der Waals surface area contributed by atoms with Crippen LogP contribution < -0.4 is 5.32 Å². The fourth-order valence-electron chi connectivity index (χ4n) is 1.58. The van der Waals surface area contributed by atoms with Gasteiger partial charge in [-0.1, -0.05) is 26.7 Å². The standard InChI is InChI=1S/C13H23NO5/c1-4-5-6-9(2)12(16)14-10(13(17)18)7-8-11(15)19-3/h9-10H,4-8H2,1-3H3,(H,14,16)(H,17,18)/t9?,10-/m0/s1. The van der Waals surface area contributed by atoms with Crippen molar-refractivity contribution in [2.75, 3.05) is 7.11 Å². The third kappa shape index (κ3) is 7.43. The number of amides is 1. The Balaban J connectivity index is 4.29. The van der Waals surface area contributed by atoms with Crippen molar-refractivity contribution < 1.29 is 24.2 Å². The second-order valence-corrected chi connectivity index (χ2v) is 4.56. The van der Waals surface area contributed by atoms with E-state index in [4.69, 9.17) is 5.11 Å². The molecule has 110 valence electrons. The number of carboxylic acids is 1. The first-order chi connectivity index (χ1) is 8.92. The predicted octanol–water partition coefficient (Wildman–Crippen LogP) is 1.34. The molecule has 6 nitrogen and oxygen atoms in total. The maximum Gasteiger partial charge on any atom is 0.326 e. The van der Waals surface area contributed by atoms with Crippen molar-refractivity contribution in [2.45, 2.75) is 52.0 Å². The van der Waals surface area contributed by atoms with E-state index >= 15 is 0 Å². The van der Waals surface area contributed by atoms with Crippen LogP contribution in [0.4, 0.5) is 0 Å². The SMILES string of the molecule is CCCCC(C)C(=O)N[C@@H](CCC(=O)OC)C(=O)O. The van der Waals surface area contributed by atoms with E-state index in [1.54, 1.807) is 6.92 Å². The molecule has 0 aromatic heterocycles. The van der Waals surface area contributed by atoms with Crippen molar-refractivity contribution in [2.24, 2.45) is 5.92 Å². The van der Waals surface area contributed by atoms with Gasteiger partial charge >= 0.3 is 11.9 Å². The summed E-state index contributed by atoms with van der Waals surface area (Å²) in [5, 5.41) is 11.5. The van der Waals surface area contributed by atoms with Crippen molar-refractivity contribution in [3.05, 3.63) is 0 Å². The number of nitrogens with one attached hydrogen (secondary N) is 1. The Hall–Kier alpha value is -1.59. The summed E-state index contributed by atoms with van der Waals surface area (Å²) in [5.41, 5.74) is 0. The molecule has 6 heteroatoms. The van der Waals surface area contributed by atoms with Crippen molar-refractivity contribution in [3.63, 3.8) is 0 Å². The first-order valence-corrected chi connectivity index (χ1v) is 6.52. The normalized spacial score (nSPS) is 13.4. The van der Waals surface area contributed by atoms with E-state index in [0.717, 1.165) is 19.3 Å². The summed E-state index contributed by atoms with van der Waals surface area (Å²) in [6.45, 7) is 3.80. The van der Waals surface area contributed by atoms with Crippen LogP contribution in [-0.2, 0) is 19.1 Å². The van der Waals surface area contributed by atoms with Gasteiger partial charge in [0.25, 0.3) is 0 Å². The molecule has 0 aliphatic rings. The average Bonchev–Trinajstić information content (AvgIpc) is 2.39. The number of unbranched alkanes of at least 4 members (excludes halogenated alkanes) is 1. The van der Waals surface area contributed by atoms with E-state index in [1.807, 2.05) is 6.92 Å². The van der Waals surface area contributed by atoms with E-state index in [2.05, 4.69) is 10.1 Å². The molecular formula is C13H23NO5. The molecule has 0 radical (unpaired) electrons. The first-order valence-electron chi connectivity index (χ1n) is 6.52. The van der Waals surface area contributed by atoms with Gasteiger partial charge in [-0.3, -0.25) is 9.59 Å². The summed E-state index contributed by atoms with van der Waals surface area (Å²) >= 11 is 0. The maximum absolute atomic E-state index is 11.8. The first kappa shape index (κ1) is 17.4. The Morgan fingerprint density at radius 3 is 2.37 bits per heavy atom. The molecule has 1 unspecified atom stereocenters. The van der Waals surface area contributed by atoms with E-state index in [0.29, 0.717) is 0 Å². The summed E-state index contributed by atoms with van der Waals surface area (Å²) < 4.78 is 4.44. The zero-order valence-electron chi connectivity index (χ0n) is 11.8. The van der Waals surface area contributed by atoms with Gasteiger partial charge in [-0.25, -0.2) is 4.79 Å². The van der Waals surface area contributed by atoms with Crippen LogP contribution in [0.5, 0.6) is 0 Å². The zero-order chi connectivity index (χ0) is 14.8. The Bertz CT molecular complexity index is 316. The zero-order valence-corrected chi connectivity index (χ0v) is 11.8. The molecule has 0 saturated heterocycles. The molecule has 2 N–H and O–H groups in total. The topological polar surface area (TPSA) is 92.7 Å². The van der Waals surface area contributed by atoms with Crippen LogP contribution in [0.2, 0.25) is 0 Å². The molecule has 0 saturated carbocycles. The molecule has 0 fully saturated rings. The number of esters is 1. The van der Waals surface area contributed by atoms with E-state index in [9.17, 15) is 14.4 Å². The smallest absolute Gasteiger partial charge is 0.326 e. The molecule has 19 heavy (non-hydrogen) atoms. The maximum atomic E-state index is 11.8. The molecule has 2 atom stereocenters. The number of ether oxygens (including phenoxy) is 1. The van der Waals surface area contributed by atoms with Crippen molar-refractivity contribution in [1.82, 2.24) is 5.32 Å². The third-order valence-corrected chi connectivity index (χ3v) is 2.92. The number of carbonyl (C=O) groups excluding carboxylic acids is 2. The lowest BCUT2D eigenvalue weighted by atomic mass is 10.0. The number of aliphatic carboxylic acids is 1. The van der Waals surface area contributed by atoms with E-state index in [1.165, 1.54) is 7.11 Å². The van der Waals surface area contributed by atoms with Crippen molar-refractivity contribution >= 4 is 17.8 Å². The van der Waals surface area contributed by atoms with Gasteiger partial charge in [0.05, 0.1) is 7.11 Å². The minimum atomic E-state index is -1.14. The lowest BCUT2D eigenvalue weighted by Gasteiger charge is -2.17. The Kier molecular flexibility index (Phi) is 8.57. The number of hydrogen-bond donors (Lipinski definition) is 2. The number of methoxy groups -OCH3 is 1. The monoisotopic (exact) mass is 273 g/mol. The number of carboxylic acid groups (broad SMARTS) is 1. The summed E-state index contributed by atoms with van der Waals surface area (Å²) in [7, 11) is 1.24. The van der Waals surface area contributed by atoms with Crippen LogP contribution in [0.25, 0.3) is 0 Å². The average molecular weight is 273 g/mol. The largest absolute Gasteiger partial charge is 0.480 e. The van der Waals surface area contributed by atoms with Crippen LogP contribution in [0, 0.1) is 5.92 Å². The quantitative estimate of drug-likeness (QED) is 0.618. The van der Waals surface area contributed by atoms with Crippen LogP contribution in [-0.4, -0.2) is 36.1 Å². The van der Waals surface area contributed by atoms with Gasteiger partial charge in [0.1, 0.15) is 6.04 Å². The van der Waals surface area contributed by atoms with Crippen molar-refractivity contribution in [1.29, 1.82) is 0 Å². The summed E-state index contributed by atoms with van der Waals surface area (Å²) in [6.07, 6.45) is 2.65. The molecule has 0 spiro atoms. The Morgan fingerprint density at radius 2 is 1.89 bits per heavy atom. The van der Waals surface area contributed by atoms with Gasteiger partial charge in [0.15, 0.2) is 0 Å². The molecule has 1 amide bonds. The van der Waals surface area contributed by atoms with E-state index in [-0.39, 0.29) is 24.7 Å². The minimum absolute atomic E-state index is 0.0307. The van der Waals surface area contributed by atoms with Gasteiger partial charge in [-0.2, -0.15) is 0 Å². The lowest BCUT2D eigenvalue weighted by Crippen LogP contribution is -2.43. The minimum Gasteiger partial charge on any atom is -0.480 e. The molecule has 0 aromatic carbocycles. The van der Waals surface area contributed by atoms with Crippen LogP contribution in [0.15, 0.2) is 0 Å². The summed E-state index contributed by atoms with van der Waals surface area (Å²) in [5.74, 6) is -2.13. The van der Waals surface area contributed by atoms with Gasteiger partial charge in [0, 0.05) is 12.3 Å². The molecule has 0 heterocycles. The molecule has 0 aliphatic heterocycles. The highest BCUT2D eigenvalue weighted by Crippen LogP contribution is 2.09. The second-order valence-electron chi connectivity index (χ2n) is 4.56. The summed E-state index contributed by atoms with van der Waals surface area (Å²) in [4.78, 5) is 33.8. The second kappa shape index (κ2) is 9.35. The van der Waals surface area contributed by atoms with E-state index < -0.39 is 18.0 Å². The summed E-state index contributed by atoms with van der Waals surface area (Å²) in [6, 6.07) is -1.05. The number of carbonyl (C=O) groups is 3. The molecule has 0 bridgehead atoms. The fourth-order valence-corrected chi connectivity index (χ4v) is 1.58.